The Bertz CT molecular complexity index is 1210. The summed E-state index contributed by atoms with van der Waals surface area (Å²) in [4.78, 5) is 18.5. The van der Waals surface area contributed by atoms with Gasteiger partial charge in [-0.05, 0) is 74.8 Å². The third-order valence-corrected chi connectivity index (χ3v) is 10.8. The highest BCUT2D eigenvalue weighted by molar-refractivity contribution is 8.12. The zero-order valence-electron chi connectivity index (χ0n) is 22.5. The predicted octanol–water partition coefficient (Wildman–Crippen LogP) is 6.00. The highest BCUT2D eigenvalue weighted by Crippen LogP contribution is 2.42. The van der Waals surface area contributed by atoms with Gasteiger partial charge in [0.05, 0.1) is 17.8 Å². The molecule has 1 spiro atoms. The lowest BCUT2D eigenvalue weighted by molar-refractivity contribution is 0.201. The number of nitrogens with one attached hydrogen (secondary N) is 1. The lowest BCUT2D eigenvalue weighted by atomic mass is 9.80. The zero-order chi connectivity index (χ0) is 26.0. The molecule has 2 saturated carbocycles. The van der Waals surface area contributed by atoms with E-state index < -0.39 is 0 Å². The highest BCUT2D eigenvalue weighted by Gasteiger charge is 2.38. The molecule has 38 heavy (non-hydrogen) atoms. The molecule has 4 aliphatic rings. The summed E-state index contributed by atoms with van der Waals surface area (Å²) in [5, 5.41) is 3.34. The minimum atomic E-state index is 0.0532. The summed E-state index contributed by atoms with van der Waals surface area (Å²) < 4.78 is 5.00. The molecule has 0 amide bonds. The van der Waals surface area contributed by atoms with Crippen LogP contribution in [0, 0.1) is 5.92 Å². The average molecular weight is 532 g/mol. The lowest BCUT2D eigenvalue weighted by Gasteiger charge is -2.41. The molecular weight excluding hydrogens is 490 g/mol. The second-order valence-electron chi connectivity index (χ2n) is 11.5. The van der Waals surface area contributed by atoms with Crippen LogP contribution in [0.1, 0.15) is 80.5 Å². The molecule has 1 atom stereocenters. The van der Waals surface area contributed by atoms with Crippen LogP contribution in [-0.2, 0) is 5.54 Å². The van der Waals surface area contributed by atoms with E-state index in [9.17, 15) is 0 Å². The molecule has 202 valence electrons. The van der Waals surface area contributed by atoms with Crippen molar-refractivity contribution in [3.8, 4) is 0 Å². The Morgan fingerprint density at radius 2 is 1.95 bits per heavy atom. The zero-order valence-corrected chi connectivity index (χ0v) is 23.3. The summed E-state index contributed by atoms with van der Waals surface area (Å²) >= 11 is 0. The van der Waals surface area contributed by atoms with Gasteiger partial charge < -0.3 is 9.88 Å². The van der Waals surface area contributed by atoms with Gasteiger partial charge in [-0.25, -0.2) is 9.98 Å². The highest BCUT2D eigenvalue weighted by atomic mass is 32.2. The minimum Gasteiger partial charge on any atom is -0.351 e. The Balaban J connectivity index is 1.03. The Kier molecular flexibility index (Phi) is 7.61. The molecule has 0 aromatic carbocycles. The topological polar surface area (TPSA) is 70.2 Å². The SMILES string of the molecule is C=Nc1c(/C=N\CNc2ccc(C3CCN(S(=C)CC4CC4)CC3)cn2)cc2n1C1(CCCCC1)CN=C2. The fraction of sp³-hybridized carbons (Fsp3) is 0.567. The van der Waals surface area contributed by atoms with E-state index in [1.807, 2.05) is 18.6 Å². The first-order valence-corrected chi connectivity index (χ1v) is 15.9. The lowest BCUT2D eigenvalue weighted by Crippen LogP contribution is -2.41. The van der Waals surface area contributed by atoms with Gasteiger partial charge in [0, 0.05) is 43.0 Å². The van der Waals surface area contributed by atoms with Crippen molar-refractivity contribution in [2.75, 3.05) is 37.4 Å². The maximum Gasteiger partial charge on any atom is 0.141 e. The van der Waals surface area contributed by atoms with E-state index in [1.165, 1.54) is 56.3 Å². The fourth-order valence-corrected chi connectivity index (χ4v) is 8.31. The van der Waals surface area contributed by atoms with Crippen molar-refractivity contribution < 1.29 is 0 Å². The molecule has 3 fully saturated rings. The fourth-order valence-electron chi connectivity index (χ4n) is 6.49. The number of aromatic nitrogens is 2. The van der Waals surface area contributed by atoms with Gasteiger partial charge in [0.25, 0.3) is 0 Å². The Morgan fingerprint density at radius 3 is 2.66 bits per heavy atom. The molecule has 7 nitrogen and oxygen atoms in total. The maximum absolute atomic E-state index is 4.71. The quantitative estimate of drug-likeness (QED) is 0.319. The van der Waals surface area contributed by atoms with Crippen LogP contribution in [-0.4, -0.2) is 70.9 Å². The monoisotopic (exact) mass is 531 g/mol. The van der Waals surface area contributed by atoms with Gasteiger partial charge in [-0.2, -0.15) is 0 Å². The Labute approximate surface area is 229 Å². The number of aliphatic imine (C=N–C) groups is 3. The molecule has 6 rings (SSSR count). The maximum atomic E-state index is 4.71. The van der Waals surface area contributed by atoms with E-state index in [0.717, 1.165) is 61.3 Å². The Morgan fingerprint density at radius 1 is 1.13 bits per heavy atom. The molecule has 8 heteroatoms. The standard InChI is InChI=1S/C30H41N7S/c1-31-29-26(16-27-19-32-21-30(37(27)29)12-4-3-5-13-30)17-33-22-35-28-9-8-25(18-34-28)24-10-14-36(15-11-24)38(2)20-23-6-7-23/h8-9,16-19,23-24H,1-7,10-15,20-22H2,(H,34,35)/b33-17-. The normalized spacial score (nSPS) is 22.5. The van der Waals surface area contributed by atoms with Crippen LogP contribution >= 0.6 is 10.7 Å². The van der Waals surface area contributed by atoms with Gasteiger partial charge in [-0.15, -0.1) is 10.7 Å². The second kappa shape index (κ2) is 11.3. The number of hydrogen-bond donors (Lipinski definition) is 1. The van der Waals surface area contributed by atoms with Crippen molar-refractivity contribution >= 4 is 47.3 Å². The first-order chi connectivity index (χ1) is 18.6. The molecule has 0 bridgehead atoms. The van der Waals surface area contributed by atoms with Crippen molar-refractivity contribution in [1.82, 2.24) is 13.9 Å². The number of nitrogens with zero attached hydrogens (tertiary/aromatic N) is 6. The minimum absolute atomic E-state index is 0.0532. The third-order valence-electron chi connectivity index (χ3n) is 8.83. The first kappa shape index (κ1) is 25.7. The first-order valence-electron chi connectivity index (χ1n) is 14.3. The van der Waals surface area contributed by atoms with Gasteiger partial charge >= 0.3 is 0 Å². The van der Waals surface area contributed by atoms with Crippen molar-refractivity contribution in [3.63, 3.8) is 0 Å². The molecule has 2 aromatic heterocycles. The van der Waals surface area contributed by atoms with E-state index in [-0.39, 0.29) is 16.2 Å². The van der Waals surface area contributed by atoms with Crippen LogP contribution in [0.15, 0.2) is 39.4 Å². The van der Waals surface area contributed by atoms with Crippen molar-refractivity contribution in [2.24, 2.45) is 20.9 Å². The molecule has 2 aromatic rings. The summed E-state index contributed by atoms with van der Waals surface area (Å²) in [6.07, 6.45) is 17.3. The predicted molar refractivity (Wildman–Crippen MR) is 163 cm³/mol. The smallest absolute Gasteiger partial charge is 0.141 e. The summed E-state index contributed by atoms with van der Waals surface area (Å²) in [5.41, 5.74) is 3.53. The van der Waals surface area contributed by atoms with Crippen molar-refractivity contribution in [2.45, 2.75) is 69.2 Å². The molecule has 1 saturated heterocycles. The van der Waals surface area contributed by atoms with E-state index in [1.54, 1.807) is 0 Å². The van der Waals surface area contributed by atoms with Crippen LogP contribution in [0.2, 0.25) is 0 Å². The number of rotatable bonds is 9. The van der Waals surface area contributed by atoms with Crippen molar-refractivity contribution in [3.05, 3.63) is 41.2 Å². The summed E-state index contributed by atoms with van der Waals surface area (Å²) in [7, 11) is 0.206. The van der Waals surface area contributed by atoms with Gasteiger partial charge in [0.2, 0.25) is 0 Å². The molecule has 4 heterocycles. The Hall–Kier alpha value is -2.58. The van der Waals surface area contributed by atoms with Crippen LogP contribution < -0.4 is 5.32 Å². The van der Waals surface area contributed by atoms with Gasteiger partial charge in [-0.1, -0.05) is 31.2 Å². The largest absolute Gasteiger partial charge is 0.351 e. The number of piperidine rings is 1. The van der Waals surface area contributed by atoms with Gasteiger partial charge in [0.15, 0.2) is 0 Å². The third kappa shape index (κ3) is 5.43. The summed E-state index contributed by atoms with van der Waals surface area (Å²) in [6, 6.07) is 6.47. The summed E-state index contributed by atoms with van der Waals surface area (Å²) in [6.45, 7) is 7.52. The summed E-state index contributed by atoms with van der Waals surface area (Å²) in [5.74, 6) is 9.11. The number of fused-ring (bicyclic) bond motifs is 2. The molecular formula is C30H41N7S. The van der Waals surface area contributed by atoms with E-state index in [0.29, 0.717) is 12.6 Å². The van der Waals surface area contributed by atoms with E-state index >= 15 is 0 Å². The number of hydrogen-bond acceptors (Lipinski definition) is 6. The number of anilines is 1. The van der Waals surface area contributed by atoms with Crippen LogP contribution in [0.25, 0.3) is 0 Å². The number of pyridine rings is 1. The van der Waals surface area contributed by atoms with Crippen LogP contribution in [0.5, 0.6) is 0 Å². The van der Waals surface area contributed by atoms with E-state index in [2.05, 4.69) is 59.9 Å². The van der Waals surface area contributed by atoms with Gasteiger partial charge in [-0.3, -0.25) is 14.3 Å². The second-order valence-corrected chi connectivity index (χ2v) is 13.3. The molecule has 1 unspecified atom stereocenters. The van der Waals surface area contributed by atoms with E-state index in [4.69, 9.17) is 4.99 Å². The molecule has 1 N–H and O–H groups in total. The molecule has 2 aliphatic heterocycles. The molecule has 0 radical (unpaired) electrons. The van der Waals surface area contributed by atoms with Crippen molar-refractivity contribution in [1.29, 1.82) is 0 Å². The van der Waals surface area contributed by atoms with Crippen LogP contribution in [0.4, 0.5) is 11.6 Å². The molecule has 2 aliphatic carbocycles. The van der Waals surface area contributed by atoms with Gasteiger partial charge in [0.1, 0.15) is 18.3 Å². The average Bonchev–Trinajstić information content (AvgIpc) is 3.69. The van der Waals surface area contributed by atoms with Crippen LogP contribution in [0.3, 0.4) is 0 Å².